The number of nitrogens with zero attached hydrogens (tertiary/aromatic N) is 2. The van der Waals surface area contributed by atoms with Crippen molar-refractivity contribution in [1.82, 2.24) is 14.9 Å². The van der Waals surface area contributed by atoms with Gasteiger partial charge in [0.2, 0.25) is 0 Å². The van der Waals surface area contributed by atoms with Crippen LogP contribution in [-0.2, 0) is 6.54 Å². The molecule has 1 aromatic rings. The molecule has 2 rings (SSSR count). The van der Waals surface area contributed by atoms with E-state index in [4.69, 9.17) is 0 Å². The summed E-state index contributed by atoms with van der Waals surface area (Å²) in [4.78, 5) is 4.30. The van der Waals surface area contributed by atoms with E-state index in [0.717, 1.165) is 19.0 Å². The van der Waals surface area contributed by atoms with Crippen molar-refractivity contribution in [3.8, 4) is 0 Å². The first-order valence-electron chi connectivity index (χ1n) is 7.01. The molecule has 0 unspecified atom stereocenters. The molecular weight excluding hydrogens is 210 g/mol. The molecule has 0 spiro atoms. The van der Waals surface area contributed by atoms with Crippen LogP contribution in [0.25, 0.3) is 0 Å². The highest BCUT2D eigenvalue weighted by Crippen LogP contribution is 2.23. The Labute approximate surface area is 105 Å². The van der Waals surface area contributed by atoms with Crippen molar-refractivity contribution in [2.75, 3.05) is 6.54 Å². The van der Waals surface area contributed by atoms with E-state index >= 15 is 0 Å². The Hall–Kier alpha value is -0.830. The van der Waals surface area contributed by atoms with E-state index in [0.29, 0.717) is 6.04 Å². The van der Waals surface area contributed by atoms with E-state index in [1.807, 2.05) is 12.5 Å². The van der Waals surface area contributed by atoms with E-state index in [1.165, 1.54) is 37.8 Å². The molecule has 1 aliphatic heterocycles. The van der Waals surface area contributed by atoms with Gasteiger partial charge >= 0.3 is 0 Å². The Morgan fingerprint density at radius 1 is 1.47 bits per heavy atom. The minimum absolute atomic E-state index is 0.544. The van der Waals surface area contributed by atoms with Gasteiger partial charge in [-0.25, -0.2) is 4.98 Å². The fourth-order valence-electron chi connectivity index (χ4n) is 2.58. The number of nitrogens with one attached hydrogen (secondary N) is 1. The lowest BCUT2D eigenvalue weighted by molar-refractivity contribution is 0.491. The Kier molecular flexibility index (Phi) is 4.60. The second kappa shape index (κ2) is 6.20. The first-order chi connectivity index (χ1) is 8.27. The molecule has 2 heterocycles. The lowest BCUT2D eigenvalue weighted by atomic mass is 10.1. The Balaban J connectivity index is 1.82. The van der Waals surface area contributed by atoms with Crippen molar-refractivity contribution in [1.29, 1.82) is 0 Å². The summed E-state index contributed by atoms with van der Waals surface area (Å²) in [5.41, 5.74) is 1.38. The Bertz CT molecular complexity index is 324. The van der Waals surface area contributed by atoms with Gasteiger partial charge < -0.3 is 9.88 Å². The van der Waals surface area contributed by atoms with E-state index in [9.17, 15) is 0 Å². The van der Waals surface area contributed by atoms with Crippen LogP contribution in [0.2, 0.25) is 0 Å². The zero-order valence-corrected chi connectivity index (χ0v) is 11.2. The fourth-order valence-corrected chi connectivity index (χ4v) is 2.58. The van der Waals surface area contributed by atoms with Gasteiger partial charge in [-0.1, -0.05) is 26.7 Å². The molecule has 0 amide bonds. The predicted molar refractivity (Wildman–Crippen MR) is 70.9 cm³/mol. The van der Waals surface area contributed by atoms with E-state index in [2.05, 4.69) is 28.7 Å². The zero-order valence-electron chi connectivity index (χ0n) is 11.2. The molecule has 3 nitrogen and oxygen atoms in total. The molecule has 1 atom stereocenters. The number of aryl methyl sites for hydroxylation is 1. The molecule has 1 aliphatic rings. The van der Waals surface area contributed by atoms with Crippen molar-refractivity contribution in [3.63, 3.8) is 0 Å². The van der Waals surface area contributed by atoms with Gasteiger partial charge in [0.05, 0.1) is 12.0 Å². The molecule has 0 aliphatic carbocycles. The molecule has 96 valence electrons. The Morgan fingerprint density at radius 3 is 3.06 bits per heavy atom. The summed E-state index contributed by atoms with van der Waals surface area (Å²) < 4.78 is 2.34. The third kappa shape index (κ3) is 3.56. The molecule has 0 saturated carbocycles. The first-order valence-corrected chi connectivity index (χ1v) is 7.01. The van der Waals surface area contributed by atoms with Crippen molar-refractivity contribution in [2.24, 2.45) is 5.92 Å². The highest BCUT2D eigenvalue weighted by Gasteiger charge is 2.19. The molecule has 1 fully saturated rings. The number of hydrogen-bond acceptors (Lipinski definition) is 2. The lowest BCUT2D eigenvalue weighted by Gasteiger charge is -2.14. The minimum Gasteiger partial charge on any atom is -0.333 e. The van der Waals surface area contributed by atoms with Gasteiger partial charge in [0.1, 0.15) is 0 Å². The van der Waals surface area contributed by atoms with Crippen molar-refractivity contribution in [3.05, 3.63) is 18.2 Å². The van der Waals surface area contributed by atoms with Crippen molar-refractivity contribution in [2.45, 2.75) is 58.5 Å². The summed E-state index contributed by atoms with van der Waals surface area (Å²) in [6, 6.07) is 0.544. The van der Waals surface area contributed by atoms with Gasteiger partial charge in [0.25, 0.3) is 0 Å². The average molecular weight is 235 g/mol. The summed E-state index contributed by atoms with van der Waals surface area (Å²) in [6.07, 6.45) is 10.5. The van der Waals surface area contributed by atoms with E-state index < -0.39 is 0 Å². The standard InChI is InChI=1S/C14H25N3/c1-12(2)6-3-4-9-17-11-15-10-14(17)13-7-5-8-16-13/h10-13,16H,3-9H2,1-2H3/t13-/m0/s1. The maximum Gasteiger partial charge on any atom is 0.0948 e. The second-order valence-corrected chi connectivity index (χ2v) is 5.55. The number of hydrogen-bond donors (Lipinski definition) is 1. The maximum absolute atomic E-state index is 4.30. The summed E-state index contributed by atoms with van der Waals surface area (Å²) >= 11 is 0. The quantitative estimate of drug-likeness (QED) is 0.768. The van der Waals surface area contributed by atoms with Gasteiger partial charge in [-0.3, -0.25) is 0 Å². The Morgan fingerprint density at radius 2 is 2.35 bits per heavy atom. The van der Waals surface area contributed by atoms with Crippen LogP contribution in [0, 0.1) is 5.92 Å². The van der Waals surface area contributed by atoms with Gasteiger partial charge in [-0.05, 0) is 31.7 Å². The molecule has 1 aromatic heterocycles. The fraction of sp³-hybridized carbons (Fsp3) is 0.786. The molecule has 17 heavy (non-hydrogen) atoms. The number of rotatable bonds is 6. The third-order valence-corrected chi connectivity index (χ3v) is 3.59. The number of aromatic nitrogens is 2. The highest BCUT2D eigenvalue weighted by atomic mass is 15.1. The summed E-state index contributed by atoms with van der Waals surface area (Å²) in [5, 5.41) is 3.55. The molecule has 1 saturated heterocycles. The largest absolute Gasteiger partial charge is 0.333 e. The van der Waals surface area contributed by atoms with Crippen LogP contribution < -0.4 is 5.32 Å². The van der Waals surface area contributed by atoms with Gasteiger partial charge in [-0.2, -0.15) is 0 Å². The molecular formula is C14H25N3. The van der Waals surface area contributed by atoms with Gasteiger partial charge in [-0.15, -0.1) is 0 Å². The van der Waals surface area contributed by atoms with Crippen molar-refractivity contribution >= 4 is 0 Å². The second-order valence-electron chi connectivity index (χ2n) is 5.55. The number of unbranched alkanes of at least 4 members (excludes halogenated alkanes) is 1. The molecule has 0 radical (unpaired) electrons. The molecule has 0 aromatic carbocycles. The summed E-state index contributed by atoms with van der Waals surface area (Å²) in [6.45, 7) is 6.87. The smallest absolute Gasteiger partial charge is 0.0948 e. The number of imidazole rings is 1. The lowest BCUT2D eigenvalue weighted by Crippen LogP contribution is -2.16. The zero-order chi connectivity index (χ0) is 12.1. The summed E-state index contributed by atoms with van der Waals surface area (Å²) in [5.74, 6) is 0.828. The van der Waals surface area contributed by atoms with Crippen LogP contribution in [0.1, 0.15) is 57.7 Å². The SMILES string of the molecule is CC(C)CCCCn1cncc1[C@@H]1CCCN1. The average Bonchev–Trinajstić information content (AvgIpc) is 2.94. The molecule has 0 bridgehead atoms. The van der Waals surface area contributed by atoms with Crippen LogP contribution in [0.4, 0.5) is 0 Å². The van der Waals surface area contributed by atoms with Crippen LogP contribution in [0.3, 0.4) is 0 Å². The monoisotopic (exact) mass is 235 g/mol. The molecule has 3 heteroatoms. The van der Waals surface area contributed by atoms with Crippen LogP contribution >= 0.6 is 0 Å². The van der Waals surface area contributed by atoms with Crippen molar-refractivity contribution < 1.29 is 0 Å². The van der Waals surface area contributed by atoms with Gasteiger partial charge in [0, 0.05) is 18.8 Å². The first kappa shape index (κ1) is 12.6. The van der Waals surface area contributed by atoms with Gasteiger partial charge in [0.15, 0.2) is 0 Å². The van der Waals surface area contributed by atoms with Crippen LogP contribution in [0.15, 0.2) is 12.5 Å². The predicted octanol–water partition coefficient (Wildman–Crippen LogP) is 3.13. The third-order valence-electron chi connectivity index (χ3n) is 3.59. The topological polar surface area (TPSA) is 29.9 Å². The van der Waals surface area contributed by atoms with E-state index in [1.54, 1.807) is 0 Å². The minimum atomic E-state index is 0.544. The summed E-state index contributed by atoms with van der Waals surface area (Å²) in [7, 11) is 0. The van der Waals surface area contributed by atoms with Crippen LogP contribution in [0.5, 0.6) is 0 Å². The van der Waals surface area contributed by atoms with Crippen LogP contribution in [-0.4, -0.2) is 16.1 Å². The van der Waals surface area contributed by atoms with E-state index in [-0.39, 0.29) is 0 Å². The highest BCUT2D eigenvalue weighted by molar-refractivity contribution is 5.07. The molecule has 1 N–H and O–H groups in total. The normalized spacial score (nSPS) is 20.3. The maximum atomic E-state index is 4.30.